The van der Waals surface area contributed by atoms with Crippen molar-refractivity contribution in [3.05, 3.63) is 0 Å². The minimum absolute atomic E-state index is 0.0522. The van der Waals surface area contributed by atoms with E-state index < -0.39 is 138 Å². The molecule has 44 N–H and O–H groups in total. The molecule has 0 aromatic carbocycles. The molecule has 42 heteroatoms. The molecule has 0 bridgehead atoms. The van der Waals surface area contributed by atoms with Crippen molar-refractivity contribution in [1.29, 1.82) is 0 Å². The predicted octanol–water partition coefficient (Wildman–Crippen LogP) is -3.40. The van der Waals surface area contributed by atoms with Crippen molar-refractivity contribution in [3.8, 4) is 0 Å². The lowest BCUT2D eigenvalue weighted by Crippen LogP contribution is -2.56. The van der Waals surface area contributed by atoms with Crippen LogP contribution in [0, 0.1) is 5.92 Å². The number of hydrogen-bond acceptors (Lipinski definition) is 30. The summed E-state index contributed by atoms with van der Waals surface area (Å²) in [5.41, 5.74) is 95.0. The van der Waals surface area contributed by atoms with Crippen LogP contribution in [-0.4, -0.2) is 259 Å². The predicted molar refractivity (Wildman–Crippen MR) is 517 cm³/mol. The third-order valence-electron chi connectivity index (χ3n) is 23.4. The topological polar surface area (TPSA) is 800 Å². The van der Waals surface area contributed by atoms with Gasteiger partial charge in [0.25, 0.3) is 0 Å². The second-order valence-corrected chi connectivity index (χ2v) is 35.1. The first-order valence-corrected chi connectivity index (χ1v) is 49.6. The molecule has 0 heterocycles. The number of rotatable bonds is 89. The third kappa shape index (κ3) is 62.8. The van der Waals surface area contributed by atoms with Gasteiger partial charge in [-0.25, -0.2) is 0 Å². The maximum atomic E-state index is 14.7. The molecule has 0 saturated carbocycles. The van der Waals surface area contributed by atoms with Gasteiger partial charge in [-0.15, -0.1) is 0 Å². The van der Waals surface area contributed by atoms with Gasteiger partial charge in [0, 0.05) is 64.6 Å². The van der Waals surface area contributed by atoms with E-state index in [0.29, 0.717) is 277 Å². The fourth-order valence-corrected chi connectivity index (χ4v) is 14.7. The first-order chi connectivity index (χ1) is 63.4. The number of Topliss-reactive ketones (excluding diaryl/α,β-unsaturated/α-hetero) is 2. The number of nitrogens with one attached hydrogen (secondary N) is 12. The molecule has 0 aliphatic rings. The van der Waals surface area contributed by atoms with E-state index in [2.05, 4.69) is 63.8 Å². The monoisotopic (exact) mass is 1880 g/mol. The summed E-state index contributed by atoms with van der Waals surface area (Å²) in [6, 6.07) is -12.1. The van der Waals surface area contributed by atoms with E-state index in [-0.39, 0.29) is 133 Å². The fraction of sp³-hybridized carbons (Fsp3) is 0.844. The number of ketones is 2. The number of nitrogens with two attached hydrogens (primary N) is 16. The second kappa shape index (κ2) is 81.7. The summed E-state index contributed by atoms with van der Waals surface area (Å²) < 4.78 is 0. The highest BCUT2D eigenvalue weighted by Crippen LogP contribution is 2.20. The van der Waals surface area contributed by atoms with Crippen LogP contribution in [-0.2, 0) is 67.1 Å². The van der Waals surface area contributed by atoms with Crippen molar-refractivity contribution in [3.63, 3.8) is 0 Å². The highest BCUT2D eigenvalue weighted by molar-refractivity contribution is 5.95. The molecule has 0 aliphatic carbocycles. The number of unbranched alkanes of at least 4 members (excludes halogenated alkanes) is 17. The van der Waals surface area contributed by atoms with Gasteiger partial charge in [-0.3, -0.25) is 67.1 Å². The van der Waals surface area contributed by atoms with Crippen LogP contribution in [0.1, 0.15) is 302 Å². The molecule has 12 amide bonds. The van der Waals surface area contributed by atoms with Gasteiger partial charge >= 0.3 is 0 Å². The minimum atomic E-state index is -1.29. The zero-order valence-electron chi connectivity index (χ0n) is 79.9. The highest BCUT2D eigenvalue weighted by atomic mass is 16.2. The van der Waals surface area contributed by atoms with Crippen LogP contribution in [0.25, 0.3) is 0 Å². The molecule has 14 unspecified atom stereocenters. The summed E-state index contributed by atoms with van der Waals surface area (Å²) in [6.45, 7) is 4.68. The third-order valence-corrected chi connectivity index (χ3v) is 23.4. The van der Waals surface area contributed by atoms with Crippen LogP contribution >= 0.6 is 0 Å². The normalized spacial score (nSPS) is 14.6. The largest absolute Gasteiger partial charge is 0.355 e. The summed E-state index contributed by atoms with van der Waals surface area (Å²) in [4.78, 5) is 192. The smallest absolute Gasteiger partial charge is 0.243 e. The van der Waals surface area contributed by atoms with E-state index in [4.69, 9.17) is 91.7 Å². The maximum Gasteiger partial charge on any atom is 0.243 e. The molecule has 0 aliphatic heterocycles. The van der Waals surface area contributed by atoms with Crippen LogP contribution in [0.3, 0.4) is 0 Å². The number of amides is 12. The van der Waals surface area contributed by atoms with Crippen LogP contribution in [0.5, 0.6) is 0 Å². The molecule has 0 radical (unpaired) electrons. The molecule has 42 nitrogen and oxygen atoms in total. The van der Waals surface area contributed by atoms with Gasteiger partial charge in [-0.05, 0) is 264 Å². The van der Waals surface area contributed by atoms with Gasteiger partial charge in [0.15, 0.2) is 5.78 Å². The van der Waals surface area contributed by atoms with Crippen molar-refractivity contribution >= 4 is 82.5 Å². The molecule has 0 fully saturated rings. The van der Waals surface area contributed by atoms with Crippen molar-refractivity contribution in [2.45, 2.75) is 380 Å². The first-order valence-electron chi connectivity index (χ1n) is 49.6. The Hall–Kier alpha value is -7.66. The number of carbonyl (C=O) groups excluding carboxylic acids is 14. The average molecular weight is 1880 g/mol. The Morgan fingerprint density at radius 1 is 0.167 bits per heavy atom. The van der Waals surface area contributed by atoms with Gasteiger partial charge in [0.2, 0.25) is 70.9 Å². The molecule has 0 saturated heterocycles. The van der Waals surface area contributed by atoms with Gasteiger partial charge in [-0.2, -0.15) is 0 Å². The van der Waals surface area contributed by atoms with E-state index in [0.717, 1.165) is 19.3 Å². The Bertz CT molecular complexity index is 3160. The number of carbonyl (C=O) groups is 14. The van der Waals surface area contributed by atoms with Gasteiger partial charge in [0.05, 0.1) is 54.4 Å². The van der Waals surface area contributed by atoms with E-state index in [9.17, 15) is 67.1 Å². The van der Waals surface area contributed by atoms with Crippen molar-refractivity contribution in [1.82, 2.24) is 63.8 Å². The first kappa shape index (κ1) is 124. The zero-order chi connectivity index (χ0) is 98.5. The molecule has 132 heavy (non-hydrogen) atoms. The second-order valence-electron chi connectivity index (χ2n) is 35.1. The molecule has 0 aromatic heterocycles. The van der Waals surface area contributed by atoms with Crippen molar-refractivity contribution < 1.29 is 67.1 Å². The van der Waals surface area contributed by atoms with Gasteiger partial charge in [-0.1, -0.05) is 77.0 Å². The maximum absolute atomic E-state index is 14.7. The Morgan fingerprint density at radius 2 is 0.379 bits per heavy atom. The molecule has 14 atom stereocenters. The molecular weight excluding hydrogens is 1700 g/mol. The Kier molecular flexibility index (Phi) is 76.9. The SMILES string of the molecule is NCCCCC(N)C(=O)CC(CCCCNC(=O)C(N)CCCCN)C(=O)NC(CCCCNC(=O)C(CCCCNC(=O)C(N)CCCCN)NC(=O)C(N)CCCCN)C(=O)CCCCCCCNC(=O)C(CCCCNC(=O)C(CCCCNC(=O)C(N)CCCCN)NC(=O)C(N)CCCCN)NC(=O)C(CCNC(=O)C(N)CCCCN)NC(=O)C(N)CCCCN. The molecule has 766 valence electrons. The summed E-state index contributed by atoms with van der Waals surface area (Å²) in [5.74, 6) is -7.27. The van der Waals surface area contributed by atoms with Crippen molar-refractivity contribution in [2.75, 3.05) is 98.2 Å². The molecule has 0 aromatic rings. The van der Waals surface area contributed by atoms with E-state index in [1.54, 1.807) is 0 Å². The fourth-order valence-electron chi connectivity index (χ4n) is 14.7. The summed E-state index contributed by atoms with van der Waals surface area (Å²) in [5, 5.41) is 34.2. The van der Waals surface area contributed by atoms with Crippen molar-refractivity contribution in [2.24, 2.45) is 97.7 Å². The molecular formula is C90H182N28O14. The van der Waals surface area contributed by atoms with Gasteiger partial charge < -0.3 is 156 Å². The van der Waals surface area contributed by atoms with Gasteiger partial charge in [0.1, 0.15) is 30.0 Å². The lowest BCUT2D eigenvalue weighted by Gasteiger charge is -2.25. The Balaban J connectivity index is 7.07. The van der Waals surface area contributed by atoms with Crippen LogP contribution < -0.4 is 156 Å². The van der Waals surface area contributed by atoms with E-state index in [1.807, 2.05) is 0 Å². The summed E-state index contributed by atoms with van der Waals surface area (Å²) in [6.07, 6.45) is 20.9. The zero-order valence-corrected chi connectivity index (χ0v) is 79.9. The quantitative estimate of drug-likeness (QED) is 0.0264. The standard InChI is InChI=1S/C90H182N28O14/c91-47-18-5-33-64(99)78(120)62-63(32-13-27-56-107-80(122)65(100)34-6-19-48-92)79(121)114-72(41-14-28-59-111-87(129)73(115-84(126)69(104)38-10-23-52-96)42-15-29-57-108-81(123)66(101)35-7-20-49-93)77(119)45-4-2-1-3-26-55-110-89(131)75(118-90(132)76(117-86(128)71(106)40-12-25-54-98)46-61-113-83(125)68(103)37-9-22-51-95)44-17-31-60-112-88(130)74(116-85(127)70(105)39-11-24-53-97)43-16-30-58-109-82(124)67(102)36-8-21-50-94/h63-76H,1-62,91-106H2,(H,107,122)(H,108,123)(H,109,124)(H,110,131)(H,111,129)(H,112,130)(H,113,125)(H,114,121)(H,115,126)(H,116,127)(H,117,128)(H,118,132). The number of hydrogen-bond donors (Lipinski definition) is 28. The van der Waals surface area contributed by atoms with Crippen LogP contribution in [0.15, 0.2) is 0 Å². The summed E-state index contributed by atoms with van der Waals surface area (Å²) in [7, 11) is 0. The van der Waals surface area contributed by atoms with E-state index in [1.165, 1.54) is 0 Å². The minimum Gasteiger partial charge on any atom is -0.355 e. The van der Waals surface area contributed by atoms with Crippen LogP contribution in [0.2, 0.25) is 0 Å². The molecule has 0 rings (SSSR count). The molecule has 0 spiro atoms. The Labute approximate surface area is 786 Å². The lowest BCUT2D eigenvalue weighted by molar-refractivity contribution is -0.133. The lowest BCUT2D eigenvalue weighted by atomic mass is 9.90. The summed E-state index contributed by atoms with van der Waals surface area (Å²) >= 11 is 0. The highest BCUT2D eigenvalue weighted by Gasteiger charge is 2.33. The van der Waals surface area contributed by atoms with Crippen LogP contribution in [0.4, 0.5) is 0 Å². The Morgan fingerprint density at radius 3 is 0.682 bits per heavy atom. The van der Waals surface area contributed by atoms with E-state index >= 15 is 0 Å². The average Bonchev–Trinajstić information content (AvgIpc) is 0.867.